The fraction of sp³-hybridized carbons (Fsp3) is 0.150. The molecule has 0 saturated carbocycles. The highest BCUT2D eigenvalue weighted by Gasteiger charge is 2.10. The van der Waals surface area contributed by atoms with Gasteiger partial charge in [0.25, 0.3) is 5.56 Å². The van der Waals surface area contributed by atoms with Crippen LogP contribution in [0.15, 0.2) is 59.4 Å². The Balaban J connectivity index is 1.56. The number of aromatic amines is 1. The molecular weight excluding hydrogens is 352 g/mol. The molecule has 0 radical (unpaired) electrons. The van der Waals surface area contributed by atoms with Crippen LogP contribution in [0.3, 0.4) is 0 Å². The summed E-state index contributed by atoms with van der Waals surface area (Å²) in [6.45, 7) is 0.119. The van der Waals surface area contributed by atoms with Gasteiger partial charge in [-0.15, -0.1) is 0 Å². The molecule has 2 aromatic carbocycles. The van der Waals surface area contributed by atoms with Crippen LogP contribution in [0.25, 0.3) is 10.9 Å². The van der Waals surface area contributed by atoms with Crippen molar-refractivity contribution in [2.45, 2.75) is 19.4 Å². The predicted octanol–water partition coefficient (Wildman–Crippen LogP) is 3.46. The van der Waals surface area contributed by atoms with Gasteiger partial charge in [-0.25, -0.2) is 0 Å². The number of nitrogens with one attached hydrogen (secondary N) is 2. The lowest BCUT2D eigenvalue weighted by Gasteiger charge is -2.06. The number of fused-ring (bicyclic) bond motifs is 1. The average molecular weight is 369 g/mol. The second kappa shape index (κ2) is 7.97. The number of carbonyl (C=O) groups is 2. The van der Waals surface area contributed by atoms with E-state index in [0.717, 1.165) is 10.9 Å². The average Bonchev–Trinajstić information content (AvgIpc) is 2.65. The van der Waals surface area contributed by atoms with Gasteiger partial charge in [-0.1, -0.05) is 29.8 Å². The summed E-state index contributed by atoms with van der Waals surface area (Å²) in [7, 11) is 0. The molecular formula is C20H17ClN2O3. The van der Waals surface area contributed by atoms with E-state index in [2.05, 4.69) is 10.3 Å². The normalized spacial score (nSPS) is 10.7. The van der Waals surface area contributed by atoms with Crippen LogP contribution >= 0.6 is 11.6 Å². The molecule has 2 N–H and O–H groups in total. The van der Waals surface area contributed by atoms with E-state index in [9.17, 15) is 14.4 Å². The van der Waals surface area contributed by atoms with Crippen molar-refractivity contribution >= 4 is 34.2 Å². The van der Waals surface area contributed by atoms with Crippen LogP contribution in [0, 0.1) is 0 Å². The van der Waals surface area contributed by atoms with Crippen LogP contribution in [0.2, 0.25) is 5.02 Å². The Hall–Kier alpha value is -2.92. The van der Waals surface area contributed by atoms with E-state index in [-0.39, 0.29) is 36.6 Å². The Morgan fingerprint density at radius 2 is 1.73 bits per heavy atom. The maximum absolute atomic E-state index is 12.1. The smallest absolute Gasteiger partial charge is 0.253 e. The van der Waals surface area contributed by atoms with Crippen molar-refractivity contribution in [2.24, 2.45) is 0 Å². The van der Waals surface area contributed by atoms with E-state index in [1.54, 1.807) is 30.3 Å². The maximum atomic E-state index is 12.1. The van der Waals surface area contributed by atoms with Crippen molar-refractivity contribution in [3.8, 4) is 0 Å². The molecule has 3 aromatic rings. The molecule has 132 valence electrons. The van der Waals surface area contributed by atoms with Crippen LogP contribution in [0.5, 0.6) is 0 Å². The van der Waals surface area contributed by atoms with Gasteiger partial charge in [0.15, 0.2) is 5.78 Å². The number of halogens is 1. The highest BCUT2D eigenvalue weighted by Crippen LogP contribution is 2.12. The molecule has 0 aliphatic rings. The first kappa shape index (κ1) is 17.9. The SMILES string of the molecule is O=C(CCC(=O)c1ccc(Cl)cc1)NCc1cc2ccccc2[nH]c1=O. The summed E-state index contributed by atoms with van der Waals surface area (Å²) in [5.74, 6) is -0.403. The van der Waals surface area contributed by atoms with Gasteiger partial charge < -0.3 is 10.3 Å². The van der Waals surface area contributed by atoms with Crippen LogP contribution in [0.1, 0.15) is 28.8 Å². The molecule has 26 heavy (non-hydrogen) atoms. The van der Waals surface area contributed by atoms with Gasteiger partial charge in [0, 0.05) is 41.1 Å². The Morgan fingerprint density at radius 1 is 1.00 bits per heavy atom. The van der Waals surface area contributed by atoms with Crippen molar-refractivity contribution in [2.75, 3.05) is 0 Å². The summed E-state index contributed by atoms with van der Waals surface area (Å²) in [5, 5.41) is 4.14. The standard InChI is InChI=1S/C20H17ClN2O3/c21-16-7-5-13(6-8-16)18(24)9-10-19(25)22-12-15-11-14-3-1-2-4-17(14)23-20(15)26/h1-8,11H,9-10,12H2,(H,22,25)(H,23,26). The minimum absolute atomic E-state index is 0.0624. The third-order valence-electron chi connectivity index (χ3n) is 4.05. The number of H-pyrrole nitrogens is 1. The number of Topliss-reactive ketones (excluding diaryl/α,β-unsaturated/α-hetero) is 1. The van der Waals surface area contributed by atoms with Gasteiger partial charge in [-0.3, -0.25) is 14.4 Å². The summed E-state index contributed by atoms with van der Waals surface area (Å²) in [4.78, 5) is 38.9. The molecule has 0 unspecified atom stereocenters. The molecule has 1 aromatic heterocycles. The maximum Gasteiger partial charge on any atom is 0.253 e. The van der Waals surface area contributed by atoms with Crippen molar-refractivity contribution in [3.63, 3.8) is 0 Å². The fourth-order valence-corrected chi connectivity index (χ4v) is 2.74. The lowest BCUT2D eigenvalue weighted by atomic mass is 10.1. The van der Waals surface area contributed by atoms with E-state index in [4.69, 9.17) is 11.6 Å². The Morgan fingerprint density at radius 3 is 2.50 bits per heavy atom. The number of hydrogen-bond acceptors (Lipinski definition) is 3. The van der Waals surface area contributed by atoms with Crippen molar-refractivity contribution in [1.82, 2.24) is 10.3 Å². The van der Waals surface area contributed by atoms with E-state index in [1.807, 2.05) is 24.3 Å². The third kappa shape index (κ3) is 4.37. The fourth-order valence-electron chi connectivity index (χ4n) is 2.61. The van der Waals surface area contributed by atoms with E-state index in [0.29, 0.717) is 16.1 Å². The monoisotopic (exact) mass is 368 g/mol. The Bertz CT molecular complexity index is 1010. The Labute approximate surface area is 155 Å². The van der Waals surface area contributed by atoms with Gasteiger partial charge in [-0.05, 0) is 41.8 Å². The van der Waals surface area contributed by atoms with E-state index >= 15 is 0 Å². The zero-order valence-electron chi connectivity index (χ0n) is 13.9. The van der Waals surface area contributed by atoms with Gasteiger partial charge in [0.2, 0.25) is 5.91 Å². The summed E-state index contributed by atoms with van der Waals surface area (Å²) < 4.78 is 0. The molecule has 1 amide bonds. The number of aromatic nitrogens is 1. The second-order valence-corrected chi connectivity index (χ2v) is 6.35. The highest BCUT2D eigenvalue weighted by atomic mass is 35.5. The van der Waals surface area contributed by atoms with E-state index in [1.165, 1.54) is 0 Å². The van der Waals surface area contributed by atoms with Gasteiger partial charge in [0.1, 0.15) is 0 Å². The van der Waals surface area contributed by atoms with E-state index < -0.39 is 0 Å². The molecule has 5 nitrogen and oxygen atoms in total. The van der Waals surface area contributed by atoms with Gasteiger partial charge in [-0.2, -0.15) is 0 Å². The number of ketones is 1. The molecule has 0 fully saturated rings. The predicted molar refractivity (Wildman–Crippen MR) is 101 cm³/mol. The molecule has 0 saturated heterocycles. The van der Waals surface area contributed by atoms with Gasteiger partial charge >= 0.3 is 0 Å². The summed E-state index contributed by atoms with van der Waals surface area (Å²) in [5.41, 5.74) is 1.51. The molecule has 0 bridgehead atoms. The number of pyridine rings is 1. The van der Waals surface area contributed by atoms with Crippen LogP contribution in [-0.2, 0) is 11.3 Å². The summed E-state index contributed by atoms with van der Waals surface area (Å²) in [6.07, 6.45) is 0.161. The zero-order chi connectivity index (χ0) is 18.5. The first-order valence-corrected chi connectivity index (χ1v) is 8.57. The molecule has 0 atom stereocenters. The number of benzene rings is 2. The lowest BCUT2D eigenvalue weighted by Crippen LogP contribution is -2.27. The highest BCUT2D eigenvalue weighted by molar-refractivity contribution is 6.30. The van der Waals surface area contributed by atoms with Crippen LogP contribution in [-0.4, -0.2) is 16.7 Å². The largest absolute Gasteiger partial charge is 0.352 e. The van der Waals surface area contributed by atoms with Crippen molar-refractivity contribution in [1.29, 1.82) is 0 Å². The van der Waals surface area contributed by atoms with Crippen molar-refractivity contribution < 1.29 is 9.59 Å². The number of para-hydroxylation sites is 1. The number of hydrogen-bond donors (Lipinski definition) is 2. The molecule has 6 heteroatoms. The summed E-state index contributed by atoms with van der Waals surface area (Å²) >= 11 is 5.79. The lowest BCUT2D eigenvalue weighted by molar-refractivity contribution is -0.121. The molecule has 0 aliphatic carbocycles. The zero-order valence-corrected chi connectivity index (χ0v) is 14.7. The number of amides is 1. The molecule has 0 aliphatic heterocycles. The minimum Gasteiger partial charge on any atom is -0.352 e. The molecule has 3 rings (SSSR count). The quantitative estimate of drug-likeness (QED) is 0.654. The Kier molecular flexibility index (Phi) is 5.49. The first-order valence-electron chi connectivity index (χ1n) is 8.19. The molecule has 0 spiro atoms. The number of rotatable bonds is 6. The van der Waals surface area contributed by atoms with Crippen molar-refractivity contribution in [3.05, 3.63) is 81.1 Å². The van der Waals surface area contributed by atoms with Crippen LogP contribution in [0.4, 0.5) is 0 Å². The number of carbonyl (C=O) groups excluding carboxylic acids is 2. The molecule has 1 heterocycles. The second-order valence-electron chi connectivity index (χ2n) is 5.92. The van der Waals surface area contributed by atoms with Gasteiger partial charge in [0.05, 0.1) is 0 Å². The first-order chi connectivity index (χ1) is 12.5. The third-order valence-corrected chi connectivity index (χ3v) is 4.30. The van der Waals surface area contributed by atoms with Crippen LogP contribution < -0.4 is 10.9 Å². The summed E-state index contributed by atoms with van der Waals surface area (Å²) in [6, 6.07) is 15.7. The topological polar surface area (TPSA) is 79.0 Å². The minimum atomic E-state index is -0.278.